The van der Waals surface area contributed by atoms with Crippen LogP contribution < -0.4 is 0 Å². The molecule has 100 valence electrons. The van der Waals surface area contributed by atoms with E-state index in [2.05, 4.69) is 0 Å². The molecule has 0 radical (unpaired) electrons. The van der Waals surface area contributed by atoms with Gasteiger partial charge in [0, 0.05) is 6.42 Å². The van der Waals surface area contributed by atoms with Crippen LogP contribution >= 0.6 is 0 Å². The Morgan fingerprint density at radius 1 is 1.28 bits per heavy atom. The Kier molecular flexibility index (Phi) is 3.80. The van der Waals surface area contributed by atoms with Gasteiger partial charge in [0.25, 0.3) is 9.84 Å². The maximum Gasteiger partial charge on any atom is 0.501 e. The molecule has 1 aromatic rings. The number of rotatable bonds is 3. The molecule has 0 saturated heterocycles. The molecule has 1 rings (SSSR count). The first-order valence-electron chi connectivity index (χ1n) is 4.65. The molecule has 8 heteroatoms. The van der Waals surface area contributed by atoms with E-state index in [4.69, 9.17) is 0 Å². The minimum Gasteiger partial charge on any atom is -0.300 e. The third-order valence-electron chi connectivity index (χ3n) is 2.06. The minimum atomic E-state index is -5.67. The van der Waals surface area contributed by atoms with Gasteiger partial charge in [-0.3, -0.25) is 4.79 Å². The quantitative estimate of drug-likeness (QED) is 0.800. The average Bonchev–Trinajstić information content (AvgIpc) is 2.18. The summed E-state index contributed by atoms with van der Waals surface area (Å²) in [5, 5.41) is 0. The summed E-state index contributed by atoms with van der Waals surface area (Å²) < 4.78 is 72.4. The number of ketones is 1. The van der Waals surface area contributed by atoms with Gasteiger partial charge in [-0.25, -0.2) is 12.8 Å². The van der Waals surface area contributed by atoms with E-state index in [0.29, 0.717) is 0 Å². The van der Waals surface area contributed by atoms with Gasteiger partial charge >= 0.3 is 5.51 Å². The molecule has 0 saturated carbocycles. The van der Waals surface area contributed by atoms with E-state index in [9.17, 15) is 30.8 Å². The van der Waals surface area contributed by atoms with E-state index in [1.54, 1.807) is 0 Å². The molecule has 0 aliphatic rings. The van der Waals surface area contributed by atoms with Crippen molar-refractivity contribution in [2.45, 2.75) is 23.7 Å². The summed E-state index contributed by atoms with van der Waals surface area (Å²) in [5.41, 5.74) is -5.91. The monoisotopic (exact) mass is 284 g/mol. The van der Waals surface area contributed by atoms with Crippen LogP contribution in [-0.4, -0.2) is 19.7 Å². The Labute approximate surface area is 100 Å². The highest BCUT2D eigenvalue weighted by atomic mass is 32.2. The average molecular weight is 284 g/mol. The van der Waals surface area contributed by atoms with Crippen LogP contribution in [0.5, 0.6) is 0 Å². The number of carbonyl (C=O) groups excluding carboxylic acids is 1. The highest BCUT2D eigenvalue weighted by molar-refractivity contribution is 7.92. The van der Waals surface area contributed by atoms with E-state index in [0.717, 1.165) is 19.1 Å². The van der Waals surface area contributed by atoms with Crippen molar-refractivity contribution >= 4 is 15.6 Å². The summed E-state index contributed by atoms with van der Waals surface area (Å²) in [6.07, 6.45) is -0.509. The highest BCUT2D eigenvalue weighted by Crippen LogP contribution is 2.32. The summed E-state index contributed by atoms with van der Waals surface area (Å²) in [6.45, 7) is 1.09. The van der Waals surface area contributed by atoms with Gasteiger partial charge in [-0.2, -0.15) is 13.2 Å². The van der Waals surface area contributed by atoms with Crippen molar-refractivity contribution < 1.29 is 30.8 Å². The van der Waals surface area contributed by atoms with Crippen LogP contribution in [-0.2, 0) is 21.1 Å². The zero-order chi connectivity index (χ0) is 14.1. The molecular weight excluding hydrogens is 276 g/mol. The Morgan fingerprint density at radius 2 is 1.83 bits per heavy atom. The van der Waals surface area contributed by atoms with Crippen molar-refractivity contribution in [3.8, 4) is 0 Å². The second-order valence-electron chi connectivity index (χ2n) is 3.58. The predicted octanol–water partition coefficient (Wildman–Crippen LogP) is 2.25. The number of carbonyl (C=O) groups is 1. The number of hydrogen-bond acceptors (Lipinski definition) is 3. The highest BCUT2D eigenvalue weighted by Gasteiger charge is 2.48. The second-order valence-corrected chi connectivity index (χ2v) is 5.49. The van der Waals surface area contributed by atoms with Gasteiger partial charge in [-0.15, -0.1) is 0 Å². The lowest BCUT2D eigenvalue weighted by atomic mass is 10.1. The third-order valence-corrected chi connectivity index (χ3v) is 3.63. The van der Waals surface area contributed by atoms with Gasteiger partial charge < -0.3 is 0 Å². The normalized spacial score (nSPS) is 12.5. The van der Waals surface area contributed by atoms with Crippen molar-refractivity contribution in [2.24, 2.45) is 0 Å². The first kappa shape index (κ1) is 14.6. The smallest absolute Gasteiger partial charge is 0.300 e. The van der Waals surface area contributed by atoms with Crippen molar-refractivity contribution in [2.75, 3.05) is 0 Å². The number of Topliss-reactive ketones (excluding diaryl/α,β-unsaturated/α-hetero) is 1. The zero-order valence-electron chi connectivity index (χ0n) is 9.08. The molecular formula is C10H8F4O3S. The van der Waals surface area contributed by atoms with Gasteiger partial charge in [0.15, 0.2) is 0 Å². The lowest BCUT2D eigenvalue weighted by molar-refractivity contribution is -0.116. The molecule has 3 nitrogen and oxygen atoms in total. The molecule has 0 atom stereocenters. The van der Waals surface area contributed by atoms with Crippen LogP contribution in [0.25, 0.3) is 0 Å². The minimum absolute atomic E-state index is 0.265. The standard InChI is InChI=1S/C10H8F4O3S/c1-6(15)4-7-2-3-8(11)5-9(7)18(16,17)10(12,13)14/h2-3,5H,4H2,1H3. The summed E-state index contributed by atoms with van der Waals surface area (Å²) in [6, 6.07) is 1.92. The third kappa shape index (κ3) is 2.87. The Balaban J connectivity index is 3.48. The zero-order valence-corrected chi connectivity index (χ0v) is 9.90. The van der Waals surface area contributed by atoms with Crippen LogP contribution in [0.15, 0.2) is 23.1 Å². The van der Waals surface area contributed by atoms with Crippen LogP contribution in [0.1, 0.15) is 12.5 Å². The van der Waals surface area contributed by atoms with E-state index >= 15 is 0 Å². The van der Waals surface area contributed by atoms with Crippen LogP contribution in [0.4, 0.5) is 17.6 Å². The van der Waals surface area contributed by atoms with Gasteiger partial charge in [-0.1, -0.05) is 6.07 Å². The Morgan fingerprint density at radius 3 is 2.28 bits per heavy atom. The van der Waals surface area contributed by atoms with Crippen LogP contribution in [0.3, 0.4) is 0 Å². The fourth-order valence-corrected chi connectivity index (χ4v) is 2.32. The van der Waals surface area contributed by atoms with Crippen molar-refractivity contribution in [1.29, 1.82) is 0 Å². The van der Waals surface area contributed by atoms with Gasteiger partial charge in [0.1, 0.15) is 11.6 Å². The largest absolute Gasteiger partial charge is 0.501 e. The maximum absolute atomic E-state index is 12.9. The first-order chi connectivity index (χ1) is 8.05. The first-order valence-corrected chi connectivity index (χ1v) is 6.13. The van der Waals surface area contributed by atoms with Crippen molar-refractivity contribution in [1.82, 2.24) is 0 Å². The Hall–Kier alpha value is -1.44. The number of hydrogen-bond donors (Lipinski definition) is 0. The molecule has 0 amide bonds. The molecule has 0 aliphatic carbocycles. The number of benzene rings is 1. The van der Waals surface area contributed by atoms with E-state index in [1.807, 2.05) is 0 Å². The van der Waals surface area contributed by atoms with Crippen LogP contribution in [0, 0.1) is 5.82 Å². The topological polar surface area (TPSA) is 51.2 Å². The predicted molar refractivity (Wildman–Crippen MR) is 54.0 cm³/mol. The molecule has 0 spiro atoms. The van der Waals surface area contributed by atoms with Gasteiger partial charge in [-0.05, 0) is 24.6 Å². The SMILES string of the molecule is CC(=O)Cc1ccc(F)cc1S(=O)(=O)C(F)(F)F. The fraction of sp³-hybridized carbons (Fsp3) is 0.300. The Bertz CT molecular complexity index is 575. The van der Waals surface area contributed by atoms with Crippen molar-refractivity contribution in [3.63, 3.8) is 0 Å². The molecule has 0 unspecified atom stereocenters. The maximum atomic E-state index is 12.9. The molecule has 18 heavy (non-hydrogen) atoms. The summed E-state index contributed by atoms with van der Waals surface area (Å²) in [5.74, 6) is -1.65. The van der Waals surface area contributed by atoms with Gasteiger partial charge in [0.2, 0.25) is 0 Å². The summed E-state index contributed by atoms with van der Waals surface area (Å²) >= 11 is 0. The fourth-order valence-electron chi connectivity index (χ4n) is 1.32. The lowest BCUT2D eigenvalue weighted by Gasteiger charge is -2.12. The lowest BCUT2D eigenvalue weighted by Crippen LogP contribution is -2.25. The second kappa shape index (κ2) is 4.68. The molecule has 0 bridgehead atoms. The van der Waals surface area contributed by atoms with Crippen LogP contribution in [0.2, 0.25) is 0 Å². The molecule has 0 N–H and O–H groups in total. The van der Waals surface area contributed by atoms with E-state index in [-0.39, 0.29) is 11.6 Å². The number of halogens is 4. The van der Waals surface area contributed by atoms with Crippen molar-refractivity contribution in [3.05, 3.63) is 29.6 Å². The van der Waals surface area contributed by atoms with E-state index in [1.165, 1.54) is 0 Å². The summed E-state index contributed by atoms with van der Waals surface area (Å²) in [4.78, 5) is 9.64. The van der Waals surface area contributed by atoms with E-state index < -0.39 is 38.3 Å². The molecule has 0 aromatic heterocycles. The summed E-state index contributed by atoms with van der Waals surface area (Å²) in [7, 11) is -5.67. The number of sulfone groups is 1. The molecule has 0 aliphatic heterocycles. The molecule has 0 fully saturated rings. The molecule has 1 aromatic carbocycles. The van der Waals surface area contributed by atoms with Gasteiger partial charge in [0.05, 0.1) is 4.90 Å². The number of alkyl halides is 3. The molecule has 0 heterocycles.